The van der Waals surface area contributed by atoms with Crippen molar-refractivity contribution in [3.05, 3.63) is 84.8 Å². The molecule has 42 heavy (non-hydrogen) atoms. The number of piperidine rings is 1. The van der Waals surface area contributed by atoms with Gasteiger partial charge in [0.2, 0.25) is 5.95 Å². The summed E-state index contributed by atoms with van der Waals surface area (Å²) in [7, 11) is 0. The molecule has 10 nitrogen and oxygen atoms in total. The van der Waals surface area contributed by atoms with Crippen LogP contribution in [-0.2, 0) is 10.2 Å². The van der Waals surface area contributed by atoms with Gasteiger partial charge in [-0.2, -0.15) is 0 Å². The van der Waals surface area contributed by atoms with Crippen molar-refractivity contribution in [1.82, 2.24) is 19.9 Å². The molecule has 3 N–H and O–H groups in total. The first-order valence-electron chi connectivity index (χ1n) is 13.7. The standard InChI is InChI=1S/C31H29N7O3S/c1-2-38(28(32)41)30-36-25-17-20(16-23(26(25)42-30)24-10-6-7-13-33-24)21-18-34-29(35-19-21)37-14-11-31(12-15-37,27(39)40)22-8-4-3-5-9-22/h3-10,13,16-19H,2,11-12,14-15H2,1H3,(H2,32,41)(H,39,40). The lowest BCUT2D eigenvalue weighted by Gasteiger charge is -2.39. The Morgan fingerprint density at radius 1 is 1.00 bits per heavy atom. The summed E-state index contributed by atoms with van der Waals surface area (Å²) >= 11 is 1.40. The maximum atomic E-state index is 12.3. The highest BCUT2D eigenvalue weighted by Crippen LogP contribution is 2.40. The Morgan fingerprint density at radius 3 is 2.33 bits per heavy atom. The summed E-state index contributed by atoms with van der Waals surface area (Å²) in [6.45, 7) is 3.33. The summed E-state index contributed by atoms with van der Waals surface area (Å²) in [5, 5.41) is 10.7. The molecule has 4 heterocycles. The van der Waals surface area contributed by atoms with Gasteiger partial charge in [0, 0.05) is 49.4 Å². The van der Waals surface area contributed by atoms with Crippen LogP contribution in [0.2, 0.25) is 0 Å². The predicted molar refractivity (Wildman–Crippen MR) is 164 cm³/mol. The van der Waals surface area contributed by atoms with Gasteiger partial charge in [0.15, 0.2) is 5.13 Å². The molecule has 0 unspecified atom stereocenters. The van der Waals surface area contributed by atoms with E-state index in [1.807, 2.05) is 72.5 Å². The lowest BCUT2D eigenvalue weighted by atomic mass is 9.73. The molecule has 212 valence electrons. The molecular weight excluding hydrogens is 550 g/mol. The Balaban J connectivity index is 1.30. The molecule has 0 aliphatic carbocycles. The molecule has 1 fully saturated rings. The number of pyridine rings is 1. The second-order valence-electron chi connectivity index (χ2n) is 10.2. The number of thiazole rings is 1. The summed E-state index contributed by atoms with van der Waals surface area (Å²) in [6, 6.07) is 18.6. The molecule has 2 amide bonds. The zero-order valence-corrected chi connectivity index (χ0v) is 23.8. The van der Waals surface area contributed by atoms with Gasteiger partial charge >= 0.3 is 12.0 Å². The van der Waals surface area contributed by atoms with E-state index in [1.54, 1.807) is 18.6 Å². The van der Waals surface area contributed by atoms with Crippen molar-refractivity contribution >= 4 is 44.6 Å². The zero-order chi connectivity index (χ0) is 29.3. The second-order valence-corrected chi connectivity index (χ2v) is 11.2. The zero-order valence-electron chi connectivity index (χ0n) is 23.0. The molecule has 0 radical (unpaired) electrons. The van der Waals surface area contributed by atoms with Gasteiger partial charge in [-0.05, 0) is 55.2 Å². The minimum absolute atomic E-state index is 0.408. The lowest BCUT2D eigenvalue weighted by molar-refractivity contribution is -0.144. The van der Waals surface area contributed by atoms with Gasteiger partial charge in [-0.3, -0.25) is 14.7 Å². The fourth-order valence-corrected chi connectivity index (χ4v) is 6.64. The van der Waals surface area contributed by atoms with Crippen LogP contribution in [0, 0.1) is 0 Å². The number of rotatable bonds is 7. The molecule has 1 aliphatic rings. The minimum atomic E-state index is -0.913. The van der Waals surface area contributed by atoms with Crippen LogP contribution in [0.1, 0.15) is 25.3 Å². The fraction of sp³-hybridized carbons (Fsp3) is 0.226. The maximum Gasteiger partial charge on any atom is 0.321 e. The highest BCUT2D eigenvalue weighted by molar-refractivity contribution is 7.23. The van der Waals surface area contributed by atoms with Gasteiger partial charge in [0.1, 0.15) is 0 Å². The van der Waals surface area contributed by atoms with Gasteiger partial charge in [-0.1, -0.05) is 47.7 Å². The first-order valence-corrected chi connectivity index (χ1v) is 14.5. The Kier molecular flexibility index (Phi) is 7.26. The number of fused-ring (bicyclic) bond motifs is 1. The normalized spacial score (nSPS) is 14.5. The molecule has 6 rings (SSSR count). The number of carboxylic acids is 1. The highest BCUT2D eigenvalue weighted by atomic mass is 32.1. The summed E-state index contributed by atoms with van der Waals surface area (Å²) in [6.07, 6.45) is 6.22. The monoisotopic (exact) mass is 579 g/mol. The number of hydrogen-bond acceptors (Lipinski definition) is 8. The molecule has 1 saturated heterocycles. The van der Waals surface area contributed by atoms with Crippen molar-refractivity contribution in [3.63, 3.8) is 0 Å². The number of nitrogens with two attached hydrogens (primary N) is 1. The van der Waals surface area contributed by atoms with Gasteiger partial charge in [0.25, 0.3) is 0 Å². The smallest absolute Gasteiger partial charge is 0.321 e. The number of carboxylic acid groups (broad SMARTS) is 1. The van der Waals surface area contributed by atoms with Crippen LogP contribution in [0.4, 0.5) is 15.9 Å². The van der Waals surface area contributed by atoms with Crippen molar-refractivity contribution in [3.8, 4) is 22.4 Å². The summed E-state index contributed by atoms with van der Waals surface area (Å²) in [5.74, 6) is -0.236. The Morgan fingerprint density at radius 2 is 1.71 bits per heavy atom. The number of primary amides is 1. The molecule has 3 aromatic heterocycles. The van der Waals surface area contributed by atoms with Crippen LogP contribution in [-0.4, -0.2) is 56.7 Å². The molecule has 0 bridgehead atoms. The lowest BCUT2D eigenvalue weighted by Crippen LogP contribution is -2.47. The minimum Gasteiger partial charge on any atom is -0.481 e. The Labute approximate surface area is 246 Å². The van der Waals surface area contributed by atoms with E-state index in [-0.39, 0.29) is 0 Å². The second kappa shape index (κ2) is 11.2. The first kappa shape index (κ1) is 27.3. The van der Waals surface area contributed by atoms with Crippen LogP contribution in [0.25, 0.3) is 32.6 Å². The van der Waals surface area contributed by atoms with E-state index in [2.05, 4.69) is 15.0 Å². The number of anilines is 2. The third kappa shape index (κ3) is 4.92. The number of carbonyl (C=O) groups is 2. The SMILES string of the molecule is CCN(C(N)=O)c1nc2cc(-c3cnc(N4CCC(C(=O)O)(c5ccccc5)CC4)nc3)cc(-c3ccccn3)c2s1. The number of benzene rings is 2. The van der Waals surface area contributed by atoms with Crippen LogP contribution in [0.5, 0.6) is 0 Å². The average Bonchev–Trinajstić information content (AvgIpc) is 3.45. The van der Waals surface area contributed by atoms with Crippen LogP contribution < -0.4 is 15.5 Å². The van der Waals surface area contributed by atoms with Crippen molar-refractivity contribution in [2.75, 3.05) is 29.4 Å². The topological polar surface area (TPSA) is 138 Å². The van der Waals surface area contributed by atoms with E-state index >= 15 is 0 Å². The van der Waals surface area contributed by atoms with E-state index in [1.165, 1.54) is 16.2 Å². The van der Waals surface area contributed by atoms with Crippen LogP contribution >= 0.6 is 11.3 Å². The molecule has 11 heteroatoms. The molecule has 2 aromatic carbocycles. The van der Waals surface area contributed by atoms with Gasteiger partial charge in [-0.15, -0.1) is 0 Å². The van der Waals surface area contributed by atoms with E-state index in [4.69, 9.17) is 10.7 Å². The average molecular weight is 580 g/mol. The predicted octanol–water partition coefficient (Wildman–Crippen LogP) is 5.34. The largest absolute Gasteiger partial charge is 0.481 e. The van der Waals surface area contributed by atoms with Crippen LogP contribution in [0.15, 0.2) is 79.3 Å². The summed E-state index contributed by atoms with van der Waals surface area (Å²) in [5.41, 5.74) is 9.57. The molecule has 5 aromatic rings. The maximum absolute atomic E-state index is 12.3. The third-order valence-corrected chi connectivity index (χ3v) is 8.97. The van der Waals surface area contributed by atoms with Crippen molar-refractivity contribution in [2.24, 2.45) is 5.73 Å². The number of nitrogens with zero attached hydrogens (tertiary/aromatic N) is 6. The van der Waals surface area contributed by atoms with Crippen LogP contribution in [0.3, 0.4) is 0 Å². The van der Waals surface area contributed by atoms with E-state index < -0.39 is 17.4 Å². The number of aromatic nitrogens is 4. The quantitative estimate of drug-likeness (QED) is 0.263. The highest BCUT2D eigenvalue weighted by Gasteiger charge is 2.43. The van der Waals surface area contributed by atoms with Gasteiger partial charge < -0.3 is 15.7 Å². The molecule has 0 spiro atoms. The fourth-order valence-electron chi connectivity index (χ4n) is 5.51. The first-order chi connectivity index (χ1) is 20.4. The summed E-state index contributed by atoms with van der Waals surface area (Å²) in [4.78, 5) is 46.5. The molecule has 0 saturated carbocycles. The number of carbonyl (C=O) groups excluding carboxylic acids is 1. The number of urea groups is 1. The number of aliphatic carboxylic acids is 1. The van der Waals surface area contributed by atoms with Crippen molar-refractivity contribution in [1.29, 1.82) is 0 Å². The Bertz CT molecular complexity index is 1740. The van der Waals surface area contributed by atoms with Gasteiger partial charge in [0.05, 0.1) is 21.3 Å². The van der Waals surface area contributed by atoms with Crippen molar-refractivity contribution in [2.45, 2.75) is 25.2 Å². The van der Waals surface area contributed by atoms with Crippen molar-refractivity contribution < 1.29 is 14.7 Å². The summed E-state index contributed by atoms with van der Waals surface area (Å²) < 4.78 is 0.901. The molecular formula is C31H29N7O3S. The van der Waals surface area contributed by atoms with E-state index in [0.717, 1.165) is 38.2 Å². The molecule has 1 aliphatic heterocycles. The number of hydrogen-bond donors (Lipinski definition) is 2. The number of amides is 2. The molecule has 0 atom stereocenters. The third-order valence-electron chi connectivity index (χ3n) is 7.84. The van der Waals surface area contributed by atoms with E-state index in [9.17, 15) is 14.7 Å². The van der Waals surface area contributed by atoms with E-state index in [0.29, 0.717) is 43.6 Å². The van der Waals surface area contributed by atoms with Gasteiger partial charge in [-0.25, -0.2) is 19.7 Å². The Hall–Kier alpha value is -4.90.